The lowest BCUT2D eigenvalue weighted by atomic mass is 9.96. The summed E-state index contributed by atoms with van der Waals surface area (Å²) in [6.07, 6.45) is 2.06. The van der Waals surface area contributed by atoms with Gasteiger partial charge in [0.05, 0.1) is 6.54 Å². The molecule has 0 atom stereocenters. The molecular formula is C21H29N3O3. The summed E-state index contributed by atoms with van der Waals surface area (Å²) in [7, 11) is 0. The second-order valence-corrected chi connectivity index (χ2v) is 7.75. The number of amides is 1. The number of nitrogens with zero attached hydrogens (tertiary/aromatic N) is 1. The molecule has 3 rings (SSSR count). The molecule has 1 amide bonds. The van der Waals surface area contributed by atoms with Crippen LogP contribution in [0, 0.1) is 12.8 Å². The van der Waals surface area contributed by atoms with E-state index >= 15 is 0 Å². The van der Waals surface area contributed by atoms with E-state index in [2.05, 4.69) is 15.2 Å². The van der Waals surface area contributed by atoms with Crippen molar-refractivity contribution in [2.24, 2.45) is 5.92 Å². The second-order valence-electron chi connectivity index (χ2n) is 7.75. The van der Waals surface area contributed by atoms with Crippen LogP contribution in [0.2, 0.25) is 0 Å². The van der Waals surface area contributed by atoms with Gasteiger partial charge in [-0.25, -0.2) is 0 Å². The molecule has 1 aliphatic rings. The Kier molecular flexibility index (Phi) is 6.16. The standard InChI is InChI=1S/C21H29N3O3/c1-14(2)19-7-6-18(21(26)23-19)20(25)22-12-16-8-10-24(11-9-16)13-17-5-4-15(3)27-17/h4-7,14,16H,8-13H2,1-3H3,(H,22,25)(H,23,26). The summed E-state index contributed by atoms with van der Waals surface area (Å²) in [6.45, 7) is 9.39. The monoisotopic (exact) mass is 371 g/mol. The average Bonchev–Trinajstić information content (AvgIpc) is 3.05. The number of likely N-dealkylation sites (tertiary alicyclic amines) is 1. The summed E-state index contributed by atoms with van der Waals surface area (Å²) in [4.78, 5) is 29.6. The lowest BCUT2D eigenvalue weighted by Gasteiger charge is -2.31. The zero-order valence-corrected chi connectivity index (χ0v) is 16.4. The smallest absolute Gasteiger partial charge is 0.261 e. The van der Waals surface area contributed by atoms with E-state index < -0.39 is 0 Å². The summed E-state index contributed by atoms with van der Waals surface area (Å²) in [5, 5.41) is 2.93. The molecule has 27 heavy (non-hydrogen) atoms. The summed E-state index contributed by atoms with van der Waals surface area (Å²) < 4.78 is 5.64. The Morgan fingerprint density at radius 2 is 2.00 bits per heavy atom. The van der Waals surface area contributed by atoms with Crippen molar-refractivity contribution in [2.75, 3.05) is 19.6 Å². The number of aromatic amines is 1. The molecule has 146 valence electrons. The van der Waals surface area contributed by atoms with Gasteiger partial charge >= 0.3 is 0 Å². The molecule has 0 radical (unpaired) electrons. The Morgan fingerprint density at radius 1 is 1.26 bits per heavy atom. The van der Waals surface area contributed by atoms with Crippen LogP contribution in [0.1, 0.15) is 60.2 Å². The largest absolute Gasteiger partial charge is 0.465 e. The predicted octanol–water partition coefficient (Wildman–Crippen LogP) is 3.04. The van der Waals surface area contributed by atoms with E-state index in [-0.39, 0.29) is 22.9 Å². The van der Waals surface area contributed by atoms with Gasteiger partial charge in [-0.15, -0.1) is 0 Å². The van der Waals surface area contributed by atoms with Crippen LogP contribution in [-0.2, 0) is 6.54 Å². The van der Waals surface area contributed by atoms with E-state index in [0.29, 0.717) is 12.5 Å². The number of piperidine rings is 1. The Hall–Kier alpha value is -2.34. The molecule has 1 aliphatic heterocycles. The number of pyridine rings is 1. The Labute approximate surface area is 160 Å². The van der Waals surface area contributed by atoms with E-state index in [1.165, 1.54) is 0 Å². The van der Waals surface area contributed by atoms with Crippen molar-refractivity contribution in [3.8, 4) is 0 Å². The maximum atomic E-state index is 12.3. The first kappa shape index (κ1) is 19.4. The van der Waals surface area contributed by atoms with Gasteiger partial charge in [0.1, 0.15) is 17.1 Å². The van der Waals surface area contributed by atoms with Crippen molar-refractivity contribution in [3.63, 3.8) is 0 Å². The van der Waals surface area contributed by atoms with Crippen LogP contribution in [0.4, 0.5) is 0 Å². The number of hydrogen-bond acceptors (Lipinski definition) is 4. The molecule has 0 unspecified atom stereocenters. The molecule has 6 nitrogen and oxygen atoms in total. The first-order valence-corrected chi connectivity index (χ1v) is 9.71. The van der Waals surface area contributed by atoms with Crippen LogP contribution in [0.15, 0.2) is 33.5 Å². The topological polar surface area (TPSA) is 78.3 Å². The van der Waals surface area contributed by atoms with Gasteiger partial charge in [-0.1, -0.05) is 13.8 Å². The molecule has 0 spiro atoms. The number of carbonyl (C=O) groups excluding carboxylic acids is 1. The highest BCUT2D eigenvalue weighted by Crippen LogP contribution is 2.19. The molecule has 3 heterocycles. The number of rotatable bonds is 6. The van der Waals surface area contributed by atoms with Gasteiger partial charge < -0.3 is 14.7 Å². The molecule has 0 saturated carbocycles. The number of aromatic nitrogens is 1. The summed E-state index contributed by atoms with van der Waals surface area (Å²) in [6, 6.07) is 7.46. The fraction of sp³-hybridized carbons (Fsp3) is 0.524. The van der Waals surface area contributed by atoms with E-state index in [0.717, 1.165) is 49.7 Å². The fourth-order valence-electron chi connectivity index (χ4n) is 3.48. The zero-order chi connectivity index (χ0) is 19.4. The number of carbonyl (C=O) groups is 1. The maximum absolute atomic E-state index is 12.3. The second kappa shape index (κ2) is 8.57. The van der Waals surface area contributed by atoms with Crippen LogP contribution >= 0.6 is 0 Å². The molecule has 2 N–H and O–H groups in total. The van der Waals surface area contributed by atoms with Crippen molar-refractivity contribution in [3.05, 3.63) is 57.4 Å². The molecule has 2 aromatic rings. The molecular weight excluding hydrogens is 342 g/mol. The molecule has 0 bridgehead atoms. The minimum Gasteiger partial charge on any atom is -0.465 e. The maximum Gasteiger partial charge on any atom is 0.261 e. The first-order valence-electron chi connectivity index (χ1n) is 9.71. The van der Waals surface area contributed by atoms with Crippen molar-refractivity contribution in [2.45, 2.75) is 46.1 Å². The Morgan fingerprint density at radius 3 is 2.59 bits per heavy atom. The van der Waals surface area contributed by atoms with Crippen molar-refractivity contribution in [1.29, 1.82) is 0 Å². The molecule has 0 aliphatic carbocycles. The van der Waals surface area contributed by atoms with Crippen LogP contribution in [0.5, 0.6) is 0 Å². The lowest BCUT2D eigenvalue weighted by molar-refractivity contribution is 0.0932. The van der Waals surface area contributed by atoms with Gasteiger partial charge in [0, 0.05) is 12.2 Å². The van der Waals surface area contributed by atoms with E-state index in [4.69, 9.17) is 4.42 Å². The number of hydrogen-bond donors (Lipinski definition) is 2. The van der Waals surface area contributed by atoms with Crippen LogP contribution in [0.3, 0.4) is 0 Å². The van der Waals surface area contributed by atoms with Crippen molar-refractivity contribution in [1.82, 2.24) is 15.2 Å². The third-order valence-corrected chi connectivity index (χ3v) is 5.23. The number of H-pyrrole nitrogens is 1. The molecule has 6 heteroatoms. The minimum absolute atomic E-state index is 0.185. The van der Waals surface area contributed by atoms with Gasteiger partial charge in [0.2, 0.25) is 0 Å². The number of furan rings is 1. The van der Waals surface area contributed by atoms with Gasteiger partial charge in [-0.3, -0.25) is 14.5 Å². The zero-order valence-electron chi connectivity index (χ0n) is 16.4. The van der Waals surface area contributed by atoms with Crippen LogP contribution in [0.25, 0.3) is 0 Å². The Balaban J connectivity index is 1.46. The quantitative estimate of drug-likeness (QED) is 0.818. The number of aryl methyl sites for hydroxylation is 1. The van der Waals surface area contributed by atoms with Gasteiger partial charge in [0.25, 0.3) is 11.5 Å². The third-order valence-electron chi connectivity index (χ3n) is 5.23. The van der Waals surface area contributed by atoms with E-state index in [9.17, 15) is 9.59 Å². The van der Waals surface area contributed by atoms with Gasteiger partial charge in [0.15, 0.2) is 0 Å². The highest BCUT2D eigenvalue weighted by Gasteiger charge is 2.21. The normalized spacial score (nSPS) is 16.0. The van der Waals surface area contributed by atoms with E-state index in [1.807, 2.05) is 39.0 Å². The average molecular weight is 371 g/mol. The number of nitrogens with one attached hydrogen (secondary N) is 2. The van der Waals surface area contributed by atoms with Gasteiger partial charge in [-0.2, -0.15) is 0 Å². The van der Waals surface area contributed by atoms with Gasteiger partial charge in [-0.05, 0) is 69.0 Å². The minimum atomic E-state index is -0.317. The van der Waals surface area contributed by atoms with E-state index in [1.54, 1.807) is 6.07 Å². The highest BCUT2D eigenvalue weighted by atomic mass is 16.3. The molecule has 0 aromatic carbocycles. The SMILES string of the molecule is Cc1ccc(CN2CCC(CNC(=O)c3ccc(C(C)C)[nH]c3=O)CC2)o1. The summed E-state index contributed by atoms with van der Waals surface area (Å²) >= 11 is 0. The van der Waals surface area contributed by atoms with Crippen LogP contribution < -0.4 is 10.9 Å². The fourth-order valence-corrected chi connectivity index (χ4v) is 3.48. The predicted molar refractivity (Wildman–Crippen MR) is 105 cm³/mol. The van der Waals surface area contributed by atoms with Crippen molar-refractivity contribution >= 4 is 5.91 Å². The summed E-state index contributed by atoms with van der Waals surface area (Å²) in [5.74, 6) is 2.32. The Bertz CT molecular complexity index is 829. The van der Waals surface area contributed by atoms with Crippen LogP contribution in [-0.4, -0.2) is 35.4 Å². The summed E-state index contributed by atoms with van der Waals surface area (Å²) in [5.41, 5.74) is 0.711. The highest BCUT2D eigenvalue weighted by molar-refractivity contribution is 5.93. The third kappa shape index (κ3) is 5.10. The first-order chi connectivity index (χ1) is 12.9. The lowest BCUT2D eigenvalue weighted by Crippen LogP contribution is -2.39. The molecule has 1 fully saturated rings. The van der Waals surface area contributed by atoms with Crippen molar-refractivity contribution < 1.29 is 9.21 Å². The molecule has 1 saturated heterocycles. The molecule has 2 aromatic heterocycles.